The second-order valence-corrected chi connectivity index (χ2v) is 3.30. The quantitative estimate of drug-likeness (QED) is 0.807. The molecule has 82 valence electrons. The van der Waals surface area contributed by atoms with Gasteiger partial charge in [0.15, 0.2) is 5.69 Å². The largest absolute Gasteiger partial charge is 0.476 e. The predicted octanol–water partition coefficient (Wildman–Crippen LogP) is 1.06. The summed E-state index contributed by atoms with van der Waals surface area (Å²) in [7, 11) is 0. The molecule has 5 nitrogen and oxygen atoms in total. The lowest BCUT2D eigenvalue weighted by Crippen LogP contribution is -1.96. The average molecular weight is 218 g/mol. The van der Waals surface area contributed by atoms with Gasteiger partial charge in [0, 0.05) is 11.9 Å². The minimum Gasteiger partial charge on any atom is -0.476 e. The third kappa shape index (κ3) is 1.94. The molecule has 0 aliphatic carbocycles. The zero-order chi connectivity index (χ0) is 11.5. The van der Waals surface area contributed by atoms with Crippen LogP contribution in [0.25, 0.3) is 5.69 Å². The van der Waals surface area contributed by atoms with Gasteiger partial charge < -0.3 is 14.8 Å². The van der Waals surface area contributed by atoms with E-state index in [2.05, 4.69) is 4.98 Å². The Morgan fingerprint density at radius 1 is 1.44 bits per heavy atom. The number of benzene rings is 1. The molecule has 0 fully saturated rings. The van der Waals surface area contributed by atoms with E-state index in [0.29, 0.717) is 0 Å². The van der Waals surface area contributed by atoms with Crippen LogP contribution in [0.1, 0.15) is 16.1 Å². The molecule has 0 spiro atoms. The summed E-state index contributed by atoms with van der Waals surface area (Å²) in [6.45, 7) is -0.0473. The number of aromatic nitrogens is 2. The Morgan fingerprint density at radius 3 is 2.88 bits per heavy atom. The van der Waals surface area contributed by atoms with Crippen LogP contribution >= 0.6 is 0 Å². The van der Waals surface area contributed by atoms with E-state index < -0.39 is 5.97 Å². The van der Waals surface area contributed by atoms with E-state index in [4.69, 9.17) is 10.2 Å². The Labute approximate surface area is 91.6 Å². The molecule has 0 bridgehead atoms. The van der Waals surface area contributed by atoms with Crippen LogP contribution in [0.15, 0.2) is 36.8 Å². The van der Waals surface area contributed by atoms with E-state index >= 15 is 0 Å². The molecule has 0 atom stereocenters. The third-order valence-electron chi connectivity index (χ3n) is 2.19. The monoisotopic (exact) mass is 218 g/mol. The molecule has 5 heteroatoms. The maximum atomic E-state index is 10.7. The van der Waals surface area contributed by atoms with E-state index in [1.165, 1.54) is 12.5 Å². The number of nitrogens with zero attached hydrogens (tertiary/aromatic N) is 2. The summed E-state index contributed by atoms with van der Waals surface area (Å²) in [5.74, 6) is -1.06. The van der Waals surface area contributed by atoms with E-state index in [1.54, 1.807) is 22.8 Å². The number of aliphatic hydroxyl groups is 1. The van der Waals surface area contributed by atoms with E-state index in [-0.39, 0.29) is 12.3 Å². The van der Waals surface area contributed by atoms with E-state index in [9.17, 15) is 4.79 Å². The maximum absolute atomic E-state index is 10.7. The molecule has 16 heavy (non-hydrogen) atoms. The molecular formula is C11H10N2O3. The number of hydrogen-bond acceptors (Lipinski definition) is 3. The summed E-state index contributed by atoms with van der Waals surface area (Å²) >= 11 is 0. The molecule has 0 aliphatic rings. The van der Waals surface area contributed by atoms with Crippen molar-refractivity contribution in [3.05, 3.63) is 48.0 Å². The van der Waals surface area contributed by atoms with Crippen molar-refractivity contribution in [2.75, 3.05) is 0 Å². The first-order valence-electron chi connectivity index (χ1n) is 4.68. The van der Waals surface area contributed by atoms with Gasteiger partial charge in [0.25, 0.3) is 0 Å². The molecule has 2 rings (SSSR count). The summed E-state index contributed by atoms with van der Waals surface area (Å²) in [4.78, 5) is 14.4. The van der Waals surface area contributed by atoms with Gasteiger partial charge in [-0.15, -0.1) is 0 Å². The van der Waals surface area contributed by atoms with Crippen molar-refractivity contribution < 1.29 is 15.0 Å². The molecule has 0 radical (unpaired) electrons. The summed E-state index contributed by atoms with van der Waals surface area (Å²) in [6, 6.07) is 7.17. The number of carbonyl (C=O) groups is 1. The van der Waals surface area contributed by atoms with Gasteiger partial charge in [-0.25, -0.2) is 9.78 Å². The van der Waals surface area contributed by atoms with Gasteiger partial charge in [-0.1, -0.05) is 12.1 Å². The van der Waals surface area contributed by atoms with Gasteiger partial charge in [-0.2, -0.15) is 0 Å². The second-order valence-electron chi connectivity index (χ2n) is 3.30. The Balaban J connectivity index is 2.38. The molecular weight excluding hydrogens is 208 g/mol. The fourth-order valence-corrected chi connectivity index (χ4v) is 1.39. The lowest BCUT2D eigenvalue weighted by atomic mass is 10.2. The molecule has 2 aromatic rings. The molecule has 0 saturated heterocycles. The lowest BCUT2D eigenvalue weighted by Gasteiger charge is -2.03. The highest BCUT2D eigenvalue weighted by atomic mass is 16.4. The minimum atomic E-state index is -1.06. The standard InChI is InChI=1S/C11H10N2O3/c14-6-8-2-1-3-9(4-8)13-5-10(11(15)16)12-7-13/h1-5,7,14H,6H2,(H,15,16). The number of rotatable bonds is 3. The van der Waals surface area contributed by atoms with Crippen LogP contribution in [0.3, 0.4) is 0 Å². The molecule has 0 unspecified atom stereocenters. The summed E-state index contributed by atoms with van der Waals surface area (Å²) in [6.07, 6.45) is 2.86. The zero-order valence-electron chi connectivity index (χ0n) is 8.37. The molecule has 1 aromatic heterocycles. The SMILES string of the molecule is O=C(O)c1cn(-c2cccc(CO)c2)cn1. The van der Waals surface area contributed by atoms with Gasteiger partial charge in [0.2, 0.25) is 0 Å². The first kappa shape index (κ1) is 10.4. The van der Waals surface area contributed by atoms with E-state index in [0.717, 1.165) is 11.3 Å². The van der Waals surface area contributed by atoms with Gasteiger partial charge in [0.1, 0.15) is 6.33 Å². The smallest absolute Gasteiger partial charge is 0.356 e. The summed E-state index contributed by atoms with van der Waals surface area (Å²) in [5, 5.41) is 17.7. The molecule has 0 amide bonds. The fourth-order valence-electron chi connectivity index (χ4n) is 1.39. The van der Waals surface area contributed by atoms with Crippen molar-refractivity contribution in [3.63, 3.8) is 0 Å². The van der Waals surface area contributed by atoms with Crippen molar-refractivity contribution in [1.29, 1.82) is 0 Å². The van der Waals surface area contributed by atoms with Crippen LogP contribution in [0.5, 0.6) is 0 Å². The average Bonchev–Trinajstić information content (AvgIpc) is 2.78. The summed E-state index contributed by atoms with van der Waals surface area (Å²) < 4.78 is 1.60. The molecule has 0 saturated carbocycles. The Hall–Kier alpha value is -2.14. The zero-order valence-corrected chi connectivity index (χ0v) is 8.37. The number of imidazole rings is 1. The van der Waals surface area contributed by atoms with Crippen molar-refractivity contribution >= 4 is 5.97 Å². The maximum Gasteiger partial charge on any atom is 0.356 e. The van der Waals surface area contributed by atoms with Gasteiger partial charge in [0.05, 0.1) is 6.61 Å². The predicted molar refractivity (Wildman–Crippen MR) is 56.4 cm³/mol. The molecule has 2 N–H and O–H groups in total. The molecule has 1 heterocycles. The van der Waals surface area contributed by atoms with Crippen LogP contribution in [0.4, 0.5) is 0 Å². The van der Waals surface area contributed by atoms with E-state index in [1.807, 2.05) is 6.07 Å². The van der Waals surface area contributed by atoms with Crippen molar-refractivity contribution in [3.8, 4) is 5.69 Å². The van der Waals surface area contributed by atoms with Crippen LogP contribution < -0.4 is 0 Å². The fraction of sp³-hybridized carbons (Fsp3) is 0.0909. The highest BCUT2D eigenvalue weighted by Crippen LogP contribution is 2.11. The van der Waals surface area contributed by atoms with Crippen molar-refractivity contribution in [2.24, 2.45) is 0 Å². The summed E-state index contributed by atoms with van der Waals surface area (Å²) in [5.41, 5.74) is 1.53. The Bertz CT molecular complexity index is 519. The lowest BCUT2D eigenvalue weighted by molar-refractivity contribution is 0.0691. The Morgan fingerprint density at radius 2 is 2.25 bits per heavy atom. The number of aromatic carboxylic acids is 1. The van der Waals surface area contributed by atoms with Crippen LogP contribution in [-0.4, -0.2) is 25.7 Å². The number of hydrogen-bond donors (Lipinski definition) is 2. The van der Waals surface area contributed by atoms with Crippen LogP contribution in [-0.2, 0) is 6.61 Å². The second kappa shape index (κ2) is 4.16. The number of carboxylic acids is 1. The van der Waals surface area contributed by atoms with Gasteiger partial charge >= 0.3 is 5.97 Å². The Kier molecular flexibility index (Phi) is 2.70. The topological polar surface area (TPSA) is 75.3 Å². The van der Waals surface area contributed by atoms with Crippen molar-refractivity contribution in [2.45, 2.75) is 6.61 Å². The van der Waals surface area contributed by atoms with Crippen LogP contribution in [0.2, 0.25) is 0 Å². The minimum absolute atomic E-state index is 0.00518. The molecule has 0 aliphatic heterocycles. The number of aliphatic hydroxyl groups excluding tert-OH is 1. The first-order valence-corrected chi connectivity index (χ1v) is 4.68. The highest BCUT2D eigenvalue weighted by molar-refractivity contribution is 5.85. The molecule has 1 aromatic carbocycles. The van der Waals surface area contributed by atoms with Crippen molar-refractivity contribution in [1.82, 2.24) is 9.55 Å². The third-order valence-corrected chi connectivity index (χ3v) is 2.19. The van der Waals surface area contributed by atoms with Gasteiger partial charge in [-0.3, -0.25) is 0 Å². The van der Waals surface area contributed by atoms with Gasteiger partial charge in [-0.05, 0) is 17.7 Å². The normalized spacial score (nSPS) is 10.3. The van der Waals surface area contributed by atoms with Crippen LogP contribution in [0, 0.1) is 0 Å². The first-order chi connectivity index (χ1) is 7.70. The number of carboxylic acid groups (broad SMARTS) is 1. The highest BCUT2D eigenvalue weighted by Gasteiger charge is 2.07.